The van der Waals surface area contributed by atoms with Gasteiger partial charge in [-0.15, -0.1) is 0 Å². The SMILES string of the molecule is CCOC(=O)C(c1ccccc1C)c1c(-c2ccccc2)nc2ccccn12. The summed E-state index contributed by atoms with van der Waals surface area (Å²) in [6, 6.07) is 23.8. The van der Waals surface area contributed by atoms with E-state index < -0.39 is 5.92 Å². The molecule has 0 aliphatic heterocycles. The van der Waals surface area contributed by atoms with Gasteiger partial charge < -0.3 is 9.14 Å². The molecule has 0 bridgehead atoms. The van der Waals surface area contributed by atoms with Gasteiger partial charge in [-0.2, -0.15) is 0 Å². The number of benzene rings is 2. The molecule has 0 amide bonds. The van der Waals surface area contributed by atoms with Gasteiger partial charge in [0.05, 0.1) is 18.0 Å². The molecule has 0 saturated heterocycles. The zero-order valence-corrected chi connectivity index (χ0v) is 16.0. The molecule has 4 rings (SSSR count). The zero-order chi connectivity index (χ0) is 19.5. The van der Waals surface area contributed by atoms with Gasteiger partial charge in [0.1, 0.15) is 11.6 Å². The quantitative estimate of drug-likeness (QED) is 0.464. The van der Waals surface area contributed by atoms with Gasteiger partial charge in [-0.3, -0.25) is 4.79 Å². The van der Waals surface area contributed by atoms with Crippen LogP contribution in [-0.4, -0.2) is 22.0 Å². The van der Waals surface area contributed by atoms with Crippen molar-refractivity contribution in [3.8, 4) is 11.3 Å². The summed E-state index contributed by atoms with van der Waals surface area (Å²) in [4.78, 5) is 18.0. The van der Waals surface area contributed by atoms with Crippen molar-refractivity contribution in [1.82, 2.24) is 9.38 Å². The number of aromatic nitrogens is 2. The Kier molecular flexibility index (Phi) is 4.94. The molecule has 1 unspecified atom stereocenters. The maximum atomic E-state index is 13.2. The van der Waals surface area contributed by atoms with Crippen LogP contribution in [0.2, 0.25) is 0 Å². The predicted molar refractivity (Wildman–Crippen MR) is 110 cm³/mol. The van der Waals surface area contributed by atoms with E-state index in [1.54, 1.807) is 0 Å². The van der Waals surface area contributed by atoms with Gasteiger partial charge in [0, 0.05) is 11.8 Å². The van der Waals surface area contributed by atoms with Crippen LogP contribution in [0.15, 0.2) is 79.0 Å². The molecule has 140 valence electrons. The minimum Gasteiger partial charge on any atom is -0.465 e. The molecule has 28 heavy (non-hydrogen) atoms. The Morgan fingerprint density at radius 1 is 1.00 bits per heavy atom. The van der Waals surface area contributed by atoms with E-state index in [0.29, 0.717) is 6.61 Å². The number of nitrogens with zero attached hydrogens (tertiary/aromatic N) is 2. The van der Waals surface area contributed by atoms with E-state index in [9.17, 15) is 4.79 Å². The lowest BCUT2D eigenvalue weighted by atomic mass is 9.89. The van der Waals surface area contributed by atoms with Crippen molar-refractivity contribution in [2.24, 2.45) is 0 Å². The van der Waals surface area contributed by atoms with Crippen LogP contribution in [0.4, 0.5) is 0 Å². The Balaban J connectivity index is 2.03. The van der Waals surface area contributed by atoms with Gasteiger partial charge in [0.15, 0.2) is 0 Å². The van der Waals surface area contributed by atoms with Gasteiger partial charge in [-0.05, 0) is 37.1 Å². The normalized spacial score (nSPS) is 12.1. The molecule has 0 N–H and O–H groups in total. The summed E-state index contributed by atoms with van der Waals surface area (Å²) in [7, 11) is 0. The number of ether oxygens (including phenoxy) is 1. The number of pyridine rings is 1. The van der Waals surface area contributed by atoms with Crippen LogP contribution in [0.25, 0.3) is 16.9 Å². The molecule has 0 radical (unpaired) electrons. The minimum absolute atomic E-state index is 0.264. The molecule has 4 heteroatoms. The maximum Gasteiger partial charge on any atom is 0.319 e. The summed E-state index contributed by atoms with van der Waals surface area (Å²) >= 11 is 0. The summed E-state index contributed by atoms with van der Waals surface area (Å²) < 4.78 is 7.49. The lowest BCUT2D eigenvalue weighted by molar-refractivity contribution is -0.143. The summed E-state index contributed by atoms with van der Waals surface area (Å²) in [5.74, 6) is -0.826. The van der Waals surface area contributed by atoms with Crippen molar-refractivity contribution in [1.29, 1.82) is 0 Å². The number of rotatable bonds is 5. The molecule has 0 spiro atoms. The fourth-order valence-electron chi connectivity index (χ4n) is 3.62. The molecule has 2 aromatic carbocycles. The molecule has 0 fully saturated rings. The number of hydrogen-bond acceptors (Lipinski definition) is 3. The molecule has 0 aliphatic rings. The van der Waals surface area contributed by atoms with Crippen LogP contribution < -0.4 is 0 Å². The fourth-order valence-corrected chi connectivity index (χ4v) is 3.62. The first-order valence-electron chi connectivity index (χ1n) is 9.45. The van der Waals surface area contributed by atoms with Crippen molar-refractivity contribution >= 4 is 11.6 Å². The second-order valence-corrected chi connectivity index (χ2v) is 6.68. The first-order chi connectivity index (χ1) is 13.7. The van der Waals surface area contributed by atoms with Gasteiger partial charge >= 0.3 is 5.97 Å². The number of esters is 1. The number of aryl methyl sites for hydroxylation is 1. The van der Waals surface area contributed by atoms with Gasteiger partial charge in [0.25, 0.3) is 0 Å². The van der Waals surface area contributed by atoms with E-state index in [0.717, 1.165) is 33.7 Å². The molecule has 4 aromatic rings. The van der Waals surface area contributed by atoms with Crippen LogP contribution in [0, 0.1) is 6.92 Å². The lowest BCUT2D eigenvalue weighted by Gasteiger charge is -2.19. The minimum atomic E-state index is -0.561. The Morgan fingerprint density at radius 3 is 2.46 bits per heavy atom. The smallest absolute Gasteiger partial charge is 0.319 e. The van der Waals surface area contributed by atoms with Crippen LogP contribution in [0.1, 0.15) is 29.7 Å². The van der Waals surface area contributed by atoms with Gasteiger partial charge in [-0.1, -0.05) is 60.7 Å². The van der Waals surface area contributed by atoms with Gasteiger partial charge in [0.2, 0.25) is 0 Å². The third-order valence-corrected chi connectivity index (χ3v) is 4.91. The van der Waals surface area contributed by atoms with E-state index in [1.165, 1.54) is 0 Å². The monoisotopic (exact) mass is 370 g/mol. The number of fused-ring (bicyclic) bond motifs is 1. The topological polar surface area (TPSA) is 43.6 Å². The summed E-state index contributed by atoms with van der Waals surface area (Å²) in [5, 5.41) is 0. The summed E-state index contributed by atoms with van der Waals surface area (Å²) in [5.41, 5.74) is 5.39. The standard InChI is InChI=1S/C24H22N2O2/c1-3-28-24(27)21(19-14-8-7-11-17(19)2)23-22(18-12-5-4-6-13-18)25-20-15-9-10-16-26(20)23/h4-16,21H,3H2,1-2H3. The summed E-state index contributed by atoms with van der Waals surface area (Å²) in [6.45, 7) is 4.19. The predicted octanol–water partition coefficient (Wildman–Crippen LogP) is 5.00. The fraction of sp³-hybridized carbons (Fsp3) is 0.167. The van der Waals surface area contributed by atoms with Crippen LogP contribution >= 0.6 is 0 Å². The van der Waals surface area contributed by atoms with E-state index in [1.807, 2.05) is 97.2 Å². The third-order valence-electron chi connectivity index (χ3n) is 4.91. The van der Waals surface area contributed by atoms with Crippen molar-refractivity contribution in [2.45, 2.75) is 19.8 Å². The number of carbonyl (C=O) groups is 1. The van der Waals surface area contributed by atoms with Crippen LogP contribution in [0.5, 0.6) is 0 Å². The highest BCUT2D eigenvalue weighted by molar-refractivity contribution is 5.86. The molecular weight excluding hydrogens is 348 g/mol. The van der Waals surface area contributed by atoms with Crippen LogP contribution in [0.3, 0.4) is 0 Å². The van der Waals surface area contributed by atoms with Crippen molar-refractivity contribution in [2.75, 3.05) is 6.61 Å². The van der Waals surface area contributed by atoms with E-state index in [4.69, 9.17) is 9.72 Å². The van der Waals surface area contributed by atoms with E-state index in [2.05, 4.69) is 0 Å². The molecule has 1 atom stereocenters. The zero-order valence-electron chi connectivity index (χ0n) is 16.0. The summed E-state index contributed by atoms with van der Waals surface area (Å²) in [6.07, 6.45) is 1.95. The third kappa shape index (κ3) is 3.18. The van der Waals surface area contributed by atoms with E-state index >= 15 is 0 Å². The van der Waals surface area contributed by atoms with E-state index in [-0.39, 0.29) is 5.97 Å². The molecule has 0 saturated carbocycles. The highest BCUT2D eigenvalue weighted by Gasteiger charge is 2.32. The number of carbonyl (C=O) groups excluding carboxylic acids is 1. The Morgan fingerprint density at radius 2 is 1.71 bits per heavy atom. The maximum absolute atomic E-state index is 13.2. The Labute approximate surface area is 164 Å². The highest BCUT2D eigenvalue weighted by Crippen LogP contribution is 2.36. The largest absolute Gasteiger partial charge is 0.465 e. The number of hydrogen-bond donors (Lipinski definition) is 0. The second kappa shape index (κ2) is 7.69. The Hall–Kier alpha value is -3.40. The lowest BCUT2D eigenvalue weighted by Crippen LogP contribution is -2.20. The Bertz CT molecular complexity index is 1120. The molecule has 4 nitrogen and oxygen atoms in total. The molecule has 0 aliphatic carbocycles. The first-order valence-corrected chi connectivity index (χ1v) is 9.45. The first kappa shape index (κ1) is 18.0. The molecule has 2 heterocycles. The van der Waals surface area contributed by atoms with Crippen molar-refractivity contribution < 1.29 is 9.53 Å². The average molecular weight is 370 g/mol. The number of imidazole rings is 1. The van der Waals surface area contributed by atoms with Crippen molar-refractivity contribution in [3.05, 3.63) is 95.8 Å². The molecule has 2 aromatic heterocycles. The highest BCUT2D eigenvalue weighted by atomic mass is 16.5. The van der Waals surface area contributed by atoms with Crippen LogP contribution in [-0.2, 0) is 9.53 Å². The second-order valence-electron chi connectivity index (χ2n) is 6.68. The average Bonchev–Trinajstić information content (AvgIpc) is 3.10. The van der Waals surface area contributed by atoms with Gasteiger partial charge in [-0.25, -0.2) is 4.98 Å². The molecular formula is C24H22N2O2. The van der Waals surface area contributed by atoms with Crippen molar-refractivity contribution in [3.63, 3.8) is 0 Å².